The van der Waals surface area contributed by atoms with Gasteiger partial charge in [0.05, 0.1) is 16.6 Å². The Labute approximate surface area is 135 Å². The summed E-state index contributed by atoms with van der Waals surface area (Å²) < 4.78 is 41.1. The first-order valence-electron chi connectivity index (χ1n) is 6.40. The van der Waals surface area contributed by atoms with Gasteiger partial charge >= 0.3 is 5.97 Å². The molecule has 2 rings (SSSR count). The lowest BCUT2D eigenvalue weighted by atomic mass is 9.83. The molecule has 0 heterocycles. The molecule has 0 radical (unpaired) electrons. The number of ether oxygens (including phenoxy) is 1. The third kappa shape index (κ3) is 4.17. The first kappa shape index (κ1) is 16.7. The van der Waals surface area contributed by atoms with E-state index in [-0.39, 0.29) is 16.6 Å². The summed E-state index contributed by atoms with van der Waals surface area (Å²) in [5.74, 6) is -1.07. The highest BCUT2D eigenvalue weighted by Crippen LogP contribution is 2.30. The maximum atomic E-state index is 13.7. The summed E-state index contributed by atoms with van der Waals surface area (Å²) in [5, 5.41) is 0. The molecule has 0 bridgehead atoms. The number of esters is 1. The molecule has 1 aliphatic rings. The molecule has 1 aromatic carbocycles. The number of hydrogen-bond acceptors (Lipinski definition) is 4. The smallest absolute Gasteiger partial charge is 0.338 e. The van der Waals surface area contributed by atoms with Crippen molar-refractivity contribution in [3.05, 3.63) is 28.0 Å². The van der Waals surface area contributed by atoms with Gasteiger partial charge in [0, 0.05) is 10.7 Å². The predicted molar refractivity (Wildman–Crippen MR) is 79.4 cm³/mol. The van der Waals surface area contributed by atoms with Crippen molar-refractivity contribution in [3.63, 3.8) is 0 Å². The molecule has 0 amide bonds. The van der Waals surface area contributed by atoms with Crippen molar-refractivity contribution < 1.29 is 22.3 Å². The molecule has 1 aromatic rings. The average Bonchev–Trinajstić information content (AvgIpc) is 2.33. The molecule has 21 heavy (non-hydrogen) atoms. The molecule has 116 valence electrons. The van der Waals surface area contributed by atoms with Gasteiger partial charge in [0.15, 0.2) is 0 Å². The third-order valence-corrected chi connectivity index (χ3v) is 5.89. The van der Waals surface area contributed by atoms with Gasteiger partial charge in [-0.3, -0.25) is 0 Å². The fourth-order valence-electron chi connectivity index (χ4n) is 2.04. The zero-order valence-electron chi connectivity index (χ0n) is 10.9. The van der Waals surface area contributed by atoms with Crippen molar-refractivity contribution >= 4 is 41.6 Å². The van der Waals surface area contributed by atoms with Gasteiger partial charge in [-0.2, -0.15) is 0 Å². The summed E-state index contributed by atoms with van der Waals surface area (Å²) in [7, 11) is 1.05. The van der Waals surface area contributed by atoms with Crippen LogP contribution in [0.5, 0.6) is 0 Å². The average molecular weight is 400 g/mol. The molecule has 8 heteroatoms. The quantitative estimate of drug-likeness (QED) is 0.557. The van der Waals surface area contributed by atoms with Crippen molar-refractivity contribution in [2.45, 2.75) is 30.6 Å². The number of halogens is 3. The molecule has 0 saturated heterocycles. The van der Waals surface area contributed by atoms with Gasteiger partial charge in [0.1, 0.15) is 10.7 Å². The lowest BCUT2D eigenvalue weighted by Crippen LogP contribution is -2.16. The van der Waals surface area contributed by atoms with E-state index in [4.69, 9.17) is 15.4 Å². The van der Waals surface area contributed by atoms with Crippen molar-refractivity contribution in [3.8, 4) is 0 Å². The van der Waals surface area contributed by atoms with E-state index in [0.29, 0.717) is 5.92 Å². The molecular weight excluding hydrogens is 387 g/mol. The minimum Gasteiger partial charge on any atom is -0.462 e. The second-order valence-corrected chi connectivity index (χ2v) is 8.26. The third-order valence-electron chi connectivity index (χ3n) is 3.48. The number of carbonyl (C=O) groups excluding carboxylic acids is 1. The SMILES string of the molecule is O=C(OCCC1CCC1)c1cc(F)c(Br)c(S(=O)(=O)Cl)c1. The minimum atomic E-state index is -4.16. The molecule has 1 fully saturated rings. The molecule has 1 saturated carbocycles. The van der Waals surface area contributed by atoms with Crippen LogP contribution in [0.2, 0.25) is 0 Å². The Morgan fingerprint density at radius 2 is 2.10 bits per heavy atom. The highest BCUT2D eigenvalue weighted by molar-refractivity contribution is 9.10. The minimum absolute atomic E-state index is 0.177. The Balaban J connectivity index is 2.11. The highest BCUT2D eigenvalue weighted by atomic mass is 79.9. The van der Waals surface area contributed by atoms with Gasteiger partial charge in [-0.25, -0.2) is 17.6 Å². The second-order valence-electron chi connectivity index (χ2n) is 4.93. The Kier molecular flexibility index (Phi) is 5.27. The maximum Gasteiger partial charge on any atom is 0.338 e. The van der Waals surface area contributed by atoms with Crippen LogP contribution < -0.4 is 0 Å². The van der Waals surface area contributed by atoms with Crippen LogP contribution in [0.15, 0.2) is 21.5 Å². The molecule has 0 spiro atoms. The van der Waals surface area contributed by atoms with Gasteiger partial charge in [-0.15, -0.1) is 0 Å². The van der Waals surface area contributed by atoms with E-state index in [1.54, 1.807) is 0 Å². The second kappa shape index (κ2) is 6.62. The normalized spacial score (nSPS) is 15.6. The van der Waals surface area contributed by atoms with Gasteiger partial charge in [0.2, 0.25) is 0 Å². The Bertz CT molecular complexity index is 658. The first-order valence-corrected chi connectivity index (χ1v) is 9.50. The van der Waals surface area contributed by atoms with Gasteiger partial charge in [-0.05, 0) is 40.4 Å². The van der Waals surface area contributed by atoms with Crippen LogP contribution in [0.4, 0.5) is 4.39 Å². The van der Waals surface area contributed by atoms with Crippen LogP contribution in [-0.4, -0.2) is 21.0 Å². The van der Waals surface area contributed by atoms with Crippen LogP contribution in [0.3, 0.4) is 0 Å². The van der Waals surface area contributed by atoms with E-state index in [0.717, 1.165) is 31.4 Å². The molecule has 0 aromatic heterocycles. The van der Waals surface area contributed by atoms with Crippen LogP contribution >= 0.6 is 26.6 Å². The van der Waals surface area contributed by atoms with E-state index < -0.39 is 25.7 Å². The van der Waals surface area contributed by atoms with E-state index in [9.17, 15) is 17.6 Å². The monoisotopic (exact) mass is 398 g/mol. The molecular formula is C13H13BrClFO4S. The van der Waals surface area contributed by atoms with E-state index in [2.05, 4.69) is 15.9 Å². The number of rotatable bonds is 5. The maximum absolute atomic E-state index is 13.7. The van der Waals surface area contributed by atoms with Crippen LogP contribution in [-0.2, 0) is 13.8 Å². The Hall–Kier alpha value is -0.660. The van der Waals surface area contributed by atoms with Crippen molar-refractivity contribution in [2.24, 2.45) is 5.92 Å². The highest BCUT2D eigenvalue weighted by Gasteiger charge is 2.22. The predicted octanol–water partition coefficient (Wildman–Crippen LogP) is 3.86. The first-order chi connectivity index (χ1) is 9.79. The molecule has 4 nitrogen and oxygen atoms in total. The molecule has 1 aliphatic carbocycles. The molecule has 0 unspecified atom stereocenters. The van der Waals surface area contributed by atoms with Crippen molar-refractivity contribution in [2.75, 3.05) is 6.61 Å². The summed E-state index contributed by atoms with van der Waals surface area (Å²) >= 11 is 2.80. The van der Waals surface area contributed by atoms with E-state index in [1.165, 1.54) is 6.42 Å². The topological polar surface area (TPSA) is 60.4 Å². The fraction of sp³-hybridized carbons (Fsp3) is 0.462. The van der Waals surface area contributed by atoms with Crippen LogP contribution in [0.1, 0.15) is 36.0 Å². The largest absolute Gasteiger partial charge is 0.462 e. The zero-order valence-corrected chi connectivity index (χ0v) is 14.1. The van der Waals surface area contributed by atoms with Crippen LogP contribution in [0, 0.1) is 11.7 Å². The standard InChI is InChI=1S/C13H13BrClFO4S/c14-12-10(16)6-9(7-11(12)21(15,18)19)13(17)20-5-4-8-2-1-3-8/h6-8H,1-5H2. The summed E-state index contributed by atoms with van der Waals surface area (Å²) in [6.07, 6.45) is 4.25. The number of carbonyl (C=O) groups is 1. The van der Waals surface area contributed by atoms with Gasteiger partial charge in [0.25, 0.3) is 9.05 Å². The summed E-state index contributed by atoms with van der Waals surface area (Å²) in [5.41, 5.74) is -0.177. The number of hydrogen-bond donors (Lipinski definition) is 0. The van der Waals surface area contributed by atoms with Gasteiger partial charge < -0.3 is 4.74 Å². The Morgan fingerprint density at radius 3 is 2.62 bits per heavy atom. The number of benzene rings is 1. The lowest BCUT2D eigenvalue weighted by Gasteiger charge is -2.24. The Morgan fingerprint density at radius 1 is 1.43 bits per heavy atom. The van der Waals surface area contributed by atoms with Crippen molar-refractivity contribution in [1.82, 2.24) is 0 Å². The summed E-state index contributed by atoms with van der Waals surface area (Å²) in [6.45, 7) is 0.240. The van der Waals surface area contributed by atoms with Crippen LogP contribution in [0.25, 0.3) is 0 Å². The summed E-state index contributed by atoms with van der Waals surface area (Å²) in [6, 6.07) is 1.92. The molecule has 0 atom stereocenters. The van der Waals surface area contributed by atoms with E-state index in [1.807, 2.05) is 0 Å². The van der Waals surface area contributed by atoms with Gasteiger partial charge in [-0.1, -0.05) is 19.3 Å². The molecule has 0 aliphatic heterocycles. The van der Waals surface area contributed by atoms with E-state index >= 15 is 0 Å². The zero-order chi connectivity index (χ0) is 15.6. The molecule has 0 N–H and O–H groups in total. The fourth-order valence-corrected chi connectivity index (χ4v) is 4.13. The van der Waals surface area contributed by atoms with Crippen molar-refractivity contribution in [1.29, 1.82) is 0 Å². The lowest BCUT2D eigenvalue weighted by molar-refractivity contribution is 0.0463. The summed E-state index contributed by atoms with van der Waals surface area (Å²) in [4.78, 5) is 11.3.